The van der Waals surface area contributed by atoms with Crippen molar-refractivity contribution in [1.29, 1.82) is 0 Å². The first-order chi connectivity index (χ1) is 6.70. The van der Waals surface area contributed by atoms with E-state index in [1.807, 2.05) is 6.92 Å². The number of amides is 1. The van der Waals surface area contributed by atoms with Crippen molar-refractivity contribution in [3.63, 3.8) is 0 Å². The van der Waals surface area contributed by atoms with Gasteiger partial charge in [-0.2, -0.15) is 0 Å². The van der Waals surface area contributed by atoms with Gasteiger partial charge in [0.25, 0.3) is 5.91 Å². The fraction of sp³-hybridized carbons (Fsp3) is 0.500. The molecule has 4 heteroatoms. The second kappa shape index (κ2) is 3.46. The third-order valence-electron chi connectivity index (χ3n) is 2.56. The maximum absolute atomic E-state index is 11.7. The fourth-order valence-corrected chi connectivity index (χ4v) is 1.62. The van der Waals surface area contributed by atoms with Gasteiger partial charge in [0.05, 0.1) is 5.56 Å². The number of likely N-dealkylation sites (tertiary alicyclic amines) is 1. The van der Waals surface area contributed by atoms with Gasteiger partial charge in [-0.3, -0.25) is 4.79 Å². The molecule has 0 saturated carbocycles. The average Bonchev–Trinajstić information content (AvgIpc) is 2.49. The van der Waals surface area contributed by atoms with Crippen LogP contribution in [0.4, 0.5) is 0 Å². The van der Waals surface area contributed by atoms with E-state index in [-0.39, 0.29) is 5.91 Å². The summed E-state index contributed by atoms with van der Waals surface area (Å²) in [6.45, 7) is 4.04. The second-order valence-corrected chi connectivity index (χ2v) is 3.76. The van der Waals surface area contributed by atoms with Gasteiger partial charge in [-0.1, -0.05) is 0 Å². The molecular formula is C10H14N2O2. The summed E-state index contributed by atoms with van der Waals surface area (Å²) in [4.78, 5) is 13.5. The Kier molecular flexibility index (Phi) is 2.29. The summed E-state index contributed by atoms with van der Waals surface area (Å²) in [6, 6.07) is 1.76. The number of hydrogen-bond donors (Lipinski definition) is 1. The molecule has 1 amide bonds. The minimum absolute atomic E-state index is 0.0477. The van der Waals surface area contributed by atoms with Gasteiger partial charge in [0.2, 0.25) is 0 Å². The lowest BCUT2D eigenvalue weighted by molar-refractivity contribution is 0.0514. The third-order valence-corrected chi connectivity index (χ3v) is 2.56. The van der Waals surface area contributed by atoms with E-state index in [9.17, 15) is 4.79 Å². The van der Waals surface area contributed by atoms with Crippen LogP contribution in [0.3, 0.4) is 0 Å². The first-order valence-electron chi connectivity index (χ1n) is 4.75. The lowest BCUT2D eigenvalue weighted by Gasteiger charge is -2.38. The Morgan fingerprint density at radius 1 is 1.71 bits per heavy atom. The van der Waals surface area contributed by atoms with Crippen molar-refractivity contribution in [2.24, 2.45) is 11.7 Å². The number of furan rings is 1. The maximum atomic E-state index is 11.7. The van der Waals surface area contributed by atoms with Gasteiger partial charge in [0.1, 0.15) is 12.0 Å². The predicted molar refractivity (Wildman–Crippen MR) is 51.9 cm³/mol. The first-order valence-corrected chi connectivity index (χ1v) is 4.75. The van der Waals surface area contributed by atoms with Crippen molar-refractivity contribution in [2.75, 3.05) is 19.6 Å². The Bertz CT molecular complexity index is 340. The van der Waals surface area contributed by atoms with Crippen LogP contribution >= 0.6 is 0 Å². The van der Waals surface area contributed by atoms with E-state index in [1.54, 1.807) is 11.0 Å². The summed E-state index contributed by atoms with van der Waals surface area (Å²) in [5.74, 6) is 1.29. The Morgan fingerprint density at radius 3 is 2.93 bits per heavy atom. The molecule has 0 unspecified atom stereocenters. The van der Waals surface area contributed by atoms with E-state index in [4.69, 9.17) is 10.2 Å². The monoisotopic (exact) mass is 194 g/mol. The molecule has 14 heavy (non-hydrogen) atoms. The van der Waals surface area contributed by atoms with Crippen LogP contribution in [0.25, 0.3) is 0 Å². The number of rotatable bonds is 2. The van der Waals surface area contributed by atoms with Gasteiger partial charge in [0.15, 0.2) is 0 Å². The van der Waals surface area contributed by atoms with Gasteiger partial charge < -0.3 is 15.1 Å². The van der Waals surface area contributed by atoms with Crippen LogP contribution in [0.1, 0.15) is 16.1 Å². The van der Waals surface area contributed by atoms with Crippen LogP contribution in [-0.2, 0) is 0 Å². The molecule has 0 bridgehead atoms. The highest BCUT2D eigenvalue weighted by atomic mass is 16.3. The van der Waals surface area contributed by atoms with E-state index < -0.39 is 0 Å². The molecule has 2 N–H and O–H groups in total. The molecule has 1 fully saturated rings. The molecule has 1 aliphatic rings. The molecule has 1 aliphatic heterocycles. The van der Waals surface area contributed by atoms with Crippen LogP contribution in [0, 0.1) is 12.8 Å². The van der Waals surface area contributed by atoms with Crippen LogP contribution in [0.2, 0.25) is 0 Å². The van der Waals surface area contributed by atoms with Gasteiger partial charge in [0, 0.05) is 19.0 Å². The smallest absolute Gasteiger partial charge is 0.257 e. The highest BCUT2D eigenvalue weighted by Crippen LogP contribution is 2.18. The number of nitrogens with zero attached hydrogens (tertiary/aromatic N) is 1. The van der Waals surface area contributed by atoms with Crippen LogP contribution in [0.15, 0.2) is 16.7 Å². The Balaban J connectivity index is 1.97. The van der Waals surface area contributed by atoms with Gasteiger partial charge in [-0.05, 0) is 19.5 Å². The minimum Gasteiger partial charge on any atom is -0.469 e. The van der Waals surface area contributed by atoms with E-state index >= 15 is 0 Å². The SMILES string of the molecule is Cc1cc(C(=O)N2CC(CN)C2)co1. The Labute approximate surface area is 82.7 Å². The van der Waals surface area contributed by atoms with Gasteiger partial charge >= 0.3 is 0 Å². The van der Waals surface area contributed by atoms with Crippen LogP contribution < -0.4 is 5.73 Å². The maximum Gasteiger partial charge on any atom is 0.257 e. The molecule has 0 radical (unpaired) electrons. The molecule has 0 aromatic carbocycles. The number of carbonyl (C=O) groups is 1. The lowest BCUT2D eigenvalue weighted by atomic mass is 10.00. The normalized spacial score (nSPS) is 16.9. The van der Waals surface area contributed by atoms with Crippen molar-refractivity contribution < 1.29 is 9.21 Å². The molecular weight excluding hydrogens is 180 g/mol. The predicted octanol–water partition coefficient (Wildman–Crippen LogP) is 0.619. The quantitative estimate of drug-likeness (QED) is 0.750. The molecule has 76 valence electrons. The first kappa shape index (κ1) is 9.27. The zero-order valence-corrected chi connectivity index (χ0v) is 8.19. The molecule has 1 saturated heterocycles. The standard InChI is InChI=1S/C10H14N2O2/c1-7-2-9(6-14-7)10(13)12-4-8(3-11)5-12/h2,6,8H,3-5,11H2,1H3. The van der Waals surface area contributed by atoms with Crippen molar-refractivity contribution in [3.05, 3.63) is 23.7 Å². The van der Waals surface area contributed by atoms with E-state index in [2.05, 4.69) is 0 Å². The van der Waals surface area contributed by atoms with E-state index in [0.29, 0.717) is 18.0 Å². The molecule has 2 heterocycles. The van der Waals surface area contributed by atoms with Crippen LogP contribution in [0.5, 0.6) is 0 Å². The number of carbonyl (C=O) groups excluding carboxylic acids is 1. The van der Waals surface area contributed by atoms with Gasteiger partial charge in [-0.15, -0.1) is 0 Å². The van der Waals surface area contributed by atoms with Crippen molar-refractivity contribution >= 4 is 5.91 Å². The summed E-state index contributed by atoms with van der Waals surface area (Å²) >= 11 is 0. The summed E-state index contributed by atoms with van der Waals surface area (Å²) in [6.07, 6.45) is 1.51. The number of aryl methyl sites for hydroxylation is 1. The molecule has 2 rings (SSSR count). The second-order valence-electron chi connectivity index (χ2n) is 3.76. The average molecular weight is 194 g/mol. The molecule has 4 nitrogen and oxygen atoms in total. The highest BCUT2D eigenvalue weighted by molar-refractivity contribution is 5.94. The molecule has 0 atom stereocenters. The topological polar surface area (TPSA) is 59.5 Å². The van der Waals surface area contributed by atoms with Crippen LogP contribution in [-0.4, -0.2) is 30.4 Å². The summed E-state index contributed by atoms with van der Waals surface area (Å²) < 4.78 is 5.09. The largest absolute Gasteiger partial charge is 0.469 e. The Hall–Kier alpha value is -1.29. The zero-order chi connectivity index (χ0) is 10.1. The fourth-order valence-electron chi connectivity index (χ4n) is 1.62. The van der Waals surface area contributed by atoms with Crippen molar-refractivity contribution in [3.8, 4) is 0 Å². The van der Waals surface area contributed by atoms with Gasteiger partial charge in [-0.25, -0.2) is 0 Å². The summed E-state index contributed by atoms with van der Waals surface area (Å²) in [5, 5.41) is 0. The minimum atomic E-state index is 0.0477. The molecule has 1 aromatic rings. The number of nitrogens with two attached hydrogens (primary N) is 1. The third kappa shape index (κ3) is 1.53. The molecule has 1 aromatic heterocycles. The summed E-state index contributed by atoms with van der Waals surface area (Å²) in [5.41, 5.74) is 6.12. The molecule has 0 aliphatic carbocycles. The Morgan fingerprint density at radius 2 is 2.43 bits per heavy atom. The summed E-state index contributed by atoms with van der Waals surface area (Å²) in [7, 11) is 0. The lowest BCUT2D eigenvalue weighted by Crippen LogP contribution is -2.52. The zero-order valence-electron chi connectivity index (χ0n) is 8.19. The van der Waals surface area contributed by atoms with E-state index in [0.717, 1.165) is 18.8 Å². The number of hydrogen-bond acceptors (Lipinski definition) is 3. The highest BCUT2D eigenvalue weighted by Gasteiger charge is 2.30. The molecule has 0 spiro atoms. The van der Waals surface area contributed by atoms with Crippen molar-refractivity contribution in [1.82, 2.24) is 4.90 Å². The van der Waals surface area contributed by atoms with Crippen molar-refractivity contribution in [2.45, 2.75) is 6.92 Å². The van der Waals surface area contributed by atoms with E-state index in [1.165, 1.54) is 6.26 Å².